The first-order valence-corrected chi connectivity index (χ1v) is 8.70. The van der Waals surface area contributed by atoms with Gasteiger partial charge in [0.2, 0.25) is 11.8 Å². The van der Waals surface area contributed by atoms with Gasteiger partial charge in [0.05, 0.1) is 5.92 Å². The molecule has 1 aromatic rings. The van der Waals surface area contributed by atoms with E-state index in [1.807, 2.05) is 12.1 Å². The standard InChI is InChI=1S/C17H23N5O2.ClH/c23-16-4-2-14(17(24)20-16)12-1-3-15(19-9-12)22-10-13(11-22)21-7-5-18-6-8-21;/h1,3,9,13-14,18H,2,4-8,10-11H2,(H,20,23,24);1H. The smallest absolute Gasteiger partial charge is 0.234 e. The lowest BCUT2D eigenvalue weighted by Gasteiger charge is -2.47. The summed E-state index contributed by atoms with van der Waals surface area (Å²) in [4.78, 5) is 32.5. The van der Waals surface area contributed by atoms with Crippen molar-refractivity contribution in [3.63, 3.8) is 0 Å². The Morgan fingerprint density at radius 3 is 2.52 bits per heavy atom. The van der Waals surface area contributed by atoms with Gasteiger partial charge >= 0.3 is 0 Å². The van der Waals surface area contributed by atoms with Crippen LogP contribution in [0, 0.1) is 0 Å². The highest BCUT2D eigenvalue weighted by molar-refractivity contribution is 6.00. The van der Waals surface area contributed by atoms with E-state index in [4.69, 9.17) is 0 Å². The zero-order valence-electron chi connectivity index (χ0n) is 14.1. The monoisotopic (exact) mass is 365 g/mol. The first kappa shape index (κ1) is 18.1. The van der Waals surface area contributed by atoms with Gasteiger partial charge in [0, 0.05) is 57.9 Å². The van der Waals surface area contributed by atoms with Crippen LogP contribution in [-0.4, -0.2) is 67.0 Å². The molecule has 1 atom stereocenters. The van der Waals surface area contributed by atoms with Crippen LogP contribution >= 0.6 is 12.4 Å². The van der Waals surface area contributed by atoms with E-state index in [9.17, 15) is 9.59 Å². The predicted molar refractivity (Wildman–Crippen MR) is 97.1 cm³/mol. The maximum absolute atomic E-state index is 11.9. The fourth-order valence-electron chi connectivity index (χ4n) is 3.72. The molecule has 2 amide bonds. The molecule has 0 bridgehead atoms. The minimum atomic E-state index is -0.255. The van der Waals surface area contributed by atoms with Crippen molar-refractivity contribution in [1.29, 1.82) is 0 Å². The fourth-order valence-corrected chi connectivity index (χ4v) is 3.72. The molecule has 3 saturated heterocycles. The number of imide groups is 1. The number of piperazine rings is 1. The molecule has 1 unspecified atom stereocenters. The number of nitrogens with zero attached hydrogens (tertiary/aromatic N) is 3. The number of pyridine rings is 1. The molecule has 3 fully saturated rings. The van der Waals surface area contributed by atoms with Gasteiger partial charge in [-0.2, -0.15) is 0 Å². The Morgan fingerprint density at radius 2 is 1.88 bits per heavy atom. The predicted octanol–water partition coefficient (Wildman–Crippen LogP) is 0.117. The van der Waals surface area contributed by atoms with E-state index >= 15 is 0 Å². The quantitative estimate of drug-likeness (QED) is 0.741. The molecule has 4 rings (SSSR count). The molecule has 3 aliphatic rings. The highest BCUT2D eigenvalue weighted by Crippen LogP contribution is 2.27. The van der Waals surface area contributed by atoms with Gasteiger partial charge in [-0.3, -0.25) is 19.8 Å². The minimum Gasteiger partial charge on any atom is -0.353 e. The molecule has 0 aromatic carbocycles. The summed E-state index contributed by atoms with van der Waals surface area (Å²) >= 11 is 0. The van der Waals surface area contributed by atoms with Crippen LogP contribution in [0.15, 0.2) is 18.3 Å². The van der Waals surface area contributed by atoms with E-state index in [0.29, 0.717) is 18.9 Å². The molecule has 4 heterocycles. The lowest BCUT2D eigenvalue weighted by molar-refractivity contribution is -0.134. The van der Waals surface area contributed by atoms with Crippen LogP contribution in [-0.2, 0) is 9.59 Å². The summed E-state index contributed by atoms with van der Waals surface area (Å²) in [6, 6.07) is 4.59. The number of nitrogens with one attached hydrogen (secondary N) is 2. The molecule has 0 spiro atoms. The van der Waals surface area contributed by atoms with Crippen LogP contribution in [0.5, 0.6) is 0 Å². The molecule has 0 aliphatic carbocycles. The van der Waals surface area contributed by atoms with Crippen molar-refractivity contribution >= 4 is 30.0 Å². The Hall–Kier alpha value is -1.70. The molecule has 8 heteroatoms. The van der Waals surface area contributed by atoms with Crippen LogP contribution in [0.25, 0.3) is 0 Å². The second-order valence-corrected chi connectivity index (χ2v) is 6.80. The summed E-state index contributed by atoms with van der Waals surface area (Å²) in [5.74, 6) is 0.329. The molecule has 2 N–H and O–H groups in total. The summed E-state index contributed by atoms with van der Waals surface area (Å²) in [5.41, 5.74) is 0.892. The van der Waals surface area contributed by atoms with Crippen molar-refractivity contribution in [3.05, 3.63) is 23.9 Å². The van der Waals surface area contributed by atoms with Gasteiger partial charge in [0.1, 0.15) is 5.82 Å². The molecule has 25 heavy (non-hydrogen) atoms. The molecule has 1 aromatic heterocycles. The van der Waals surface area contributed by atoms with Crippen molar-refractivity contribution in [1.82, 2.24) is 20.5 Å². The number of anilines is 1. The third-order valence-corrected chi connectivity index (χ3v) is 5.27. The van der Waals surface area contributed by atoms with Crippen LogP contribution < -0.4 is 15.5 Å². The van der Waals surface area contributed by atoms with E-state index in [1.54, 1.807) is 6.20 Å². The SMILES string of the molecule is Cl.O=C1CCC(c2ccc(N3CC(N4CCNCC4)C3)nc2)C(=O)N1. The number of rotatable bonds is 3. The van der Waals surface area contributed by atoms with Gasteiger partial charge < -0.3 is 10.2 Å². The number of carbonyl (C=O) groups excluding carboxylic acids is 2. The van der Waals surface area contributed by atoms with E-state index in [2.05, 4.69) is 25.4 Å². The number of hydrogen-bond acceptors (Lipinski definition) is 6. The summed E-state index contributed by atoms with van der Waals surface area (Å²) < 4.78 is 0. The number of carbonyl (C=O) groups is 2. The normalized spacial score (nSPS) is 25.1. The third kappa shape index (κ3) is 3.78. The van der Waals surface area contributed by atoms with Crippen molar-refractivity contribution in [2.24, 2.45) is 0 Å². The van der Waals surface area contributed by atoms with E-state index < -0.39 is 0 Å². The van der Waals surface area contributed by atoms with Crippen molar-refractivity contribution in [2.45, 2.75) is 24.8 Å². The Balaban J connectivity index is 0.00000182. The van der Waals surface area contributed by atoms with Crippen molar-refractivity contribution in [3.8, 4) is 0 Å². The van der Waals surface area contributed by atoms with Crippen LogP contribution in [0.4, 0.5) is 5.82 Å². The van der Waals surface area contributed by atoms with Crippen molar-refractivity contribution < 1.29 is 9.59 Å². The molecule has 0 saturated carbocycles. The molecule has 3 aliphatic heterocycles. The minimum absolute atomic E-state index is 0. The van der Waals surface area contributed by atoms with E-state index in [1.165, 1.54) is 0 Å². The third-order valence-electron chi connectivity index (χ3n) is 5.27. The molecule has 136 valence electrons. The lowest BCUT2D eigenvalue weighted by Crippen LogP contribution is -2.63. The molecule has 7 nitrogen and oxygen atoms in total. The summed E-state index contributed by atoms with van der Waals surface area (Å²) in [7, 11) is 0. The van der Waals surface area contributed by atoms with Gasteiger partial charge in [-0.1, -0.05) is 6.07 Å². The number of hydrogen-bond donors (Lipinski definition) is 2. The summed E-state index contributed by atoms with van der Waals surface area (Å²) in [5, 5.41) is 5.79. The topological polar surface area (TPSA) is 77.6 Å². The number of piperidine rings is 1. The van der Waals surface area contributed by atoms with Crippen LogP contribution in [0.2, 0.25) is 0 Å². The van der Waals surface area contributed by atoms with Gasteiger partial charge in [0.15, 0.2) is 0 Å². The number of halogens is 1. The first-order valence-electron chi connectivity index (χ1n) is 8.70. The largest absolute Gasteiger partial charge is 0.353 e. The molecular weight excluding hydrogens is 342 g/mol. The van der Waals surface area contributed by atoms with Crippen molar-refractivity contribution in [2.75, 3.05) is 44.2 Å². The van der Waals surface area contributed by atoms with Crippen LogP contribution in [0.1, 0.15) is 24.3 Å². The van der Waals surface area contributed by atoms with Gasteiger partial charge in [-0.15, -0.1) is 12.4 Å². The average molecular weight is 366 g/mol. The Morgan fingerprint density at radius 1 is 1.12 bits per heavy atom. The first-order chi connectivity index (χ1) is 11.7. The second-order valence-electron chi connectivity index (χ2n) is 6.80. The Kier molecular flexibility index (Phi) is 5.56. The summed E-state index contributed by atoms with van der Waals surface area (Å²) in [6.45, 7) is 6.45. The number of amides is 2. The zero-order valence-corrected chi connectivity index (χ0v) is 14.9. The maximum atomic E-state index is 11.9. The second kappa shape index (κ2) is 7.68. The van der Waals surface area contributed by atoms with Crippen LogP contribution in [0.3, 0.4) is 0 Å². The summed E-state index contributed by atoms with van der Waals surface area (Å²) in [6.07, 6.45) is 2.75. The molecular formula is C17H24ClN5O2. The van der Waals surface area contributed by atoms with Gasteiger partial charge in [-0.05, 0) is 18.1 Å². The fraction of sp³-hybridized carbons (Fsp3) is 0.588. The Bertz CT molecular complexity index is 626. The number of aromatic nitrogens is 1. The van der Waals surface area contributed by atoms with E-state index in [0.717, 1.165) is 50.6 Å². The van der Waals surface area contributed by atoms with Gasteiger partial charge in [0.25, 0.3) is 0 Å². The van der Waals surface area contributed by atoms with E-state index in [-0.39, 0.29) is 30.1 Å². The highest BCUT2D eigenvalue weighted by Gasteiger charge is 2.33. The zero-order chi connectivity index (χ0) is 16.5. The Labute approximate surface area is 153 Å². The van der Waals surface area contributed by atoms with Gasteiger partial charge in [-0.25, -0.2) is 4.98 Å². The average Bonchev–Trinajstić information content (AvgIpc) is 2.55. The maximum Gasteiger partial charge on any atom is 0.234 e. The highest BCUT2D eigenvalue weighted by atomic mass is 35.5. The molecule has 0 radical (unpaired) electrons. The lowest BCUT2D eigenvalue weighted by atomic mass is 9.91.